The second-order valence-corrected chi connectivity index (χ2v) is 4.73. The quantitative estimate of drug-likeness (QED) is 0.829. The smallest absolute Gasteiger partial charge is 0.253 e. The van der Waals surface area contributed by atoms with Crippen molar-refractivity contribution in [2.75, 3.05) is 6.54 Å². The van der Waals surface area contributed by atoms with E-state index in [-0.39, 0.29) is 5.91 Å². The second-order valence-electron chi connectivity index (χ2n) is 3.73. The summed E-state index contributed by atoms with van der Waals surface area (Å²) in [6, 6.07) is 5.42. The molecule has 2 aromatic heterocycles. The van der Waals surface area contributed by atoms with Gasteiger partial charge in [-0.2, -0.15) is 0 Å². The molecule has 1 amide bonds. The summed E-state index contributed by atoms with van der Waals surface area (Å²) in [5.41, 5.74) is 6.80. The molecule has 4 nitrogen and oxygen atoms in total. The first kappa shape index (κ1) is 13.3. The van der Waals surface area contributed by atoms with Gasteiger partial charge in [0.2, 0.25) is 0 Å². The van der Waals surface area contributed by atoms with Crippen LogP contribution < -0.4 is 11.1 Å². The zero-order chi connectivity index (χ0) is 13.5. The van der Waals surface area contributed by atoms with Crippen LogP contribution in [0.2, 0.25) is 0 Å². The number of thiophene rings is 1. The lowest BCUT2D eigenvalue weighted by atomic mass is 10.2. The highest BCUT2D eigenvalue weighted by Gasteiger charge is 2.05. The molecule has 3 N–H and O–H groups in total. The molecule has 0 aliphatic rings. The predicted octanol–water partition coefficient (Wildman–Crippen LogP) is 1.38. The van der Waals surface area contributed by atoms with Gasteiger partial charge in [0.1, 0.15) is 0 Å². The van der Waals surface area contributed by atoms with Gasteiger partial charge >= 0.3 is 0 Å². The summed E-state index contributed by atoms with van der Waals surface area (Å²) < 4.78 is 0. The van der Waals surface area contributed by atoms with Gasteiger partial charge in [-0.15, -0.1) is 11.3 Å². The molecule has 0 aliphatic carbocycles. The van der Waals surface area contributed by atoms with Gasteiger partial charge in [0.15, 0.2) is 0 Å². The summed E-state index contributed by atoms with van der Waals surface area (Å²) in [7, 11) is 0. The molecule has 0 radical (unpaired) electrons. The average Bonchev–Trinajstić information content (AvgIpc) is 2.91. The summed E-state index contributed by atoms with van der Waals surface area (Å²) in [6.45, 7) is 0.839. The van der Waals surface area contributed by atoms with Crippen molar-refractivity contribution < 1.29 is 4.79 Å². The van der Waals surface area contributed by atoms with E-state index in [9.17, 15) is 4.79 Å². The molecule has 2 rings (SSSR count). The maximum atomic E-state index is 11.8. The number of amides is 1. The first-order valence-electron chi connectivity index (χ1n) is 5.74. The SMILES string of the molecule is NCC#Cc1csc(CNC(=O)c2cccnc2)c1. The van der Waals surface area contributed by atoms with E-state index in [2.05, 4.69) is 22.1 Å². The van der Waals surface area contributed by atoms with Crippen LogP contribution in [0.4, 0.5) is 0 Å². The number of rotatable bonds is 3. The lowest BCUT2D eigenvalue weighted by molar-refractivity contribution is 0.0951. The fourth-order valence-corrected chi connectivity index (χ4v) is 2.21. The Kier molecular flexibility index (Phi) is 4.67. The number of nitrogens with one attached hydrogen (secondary N) is 1. The molecule has 0 spiro atoms. The second kappa shape index (κ2) is 6.69. The molecule has 0 saturated carbocycles. The van der Waals surface area contributed by atoms with Gasteiger partial charge in [-0.3, -0.25) is 9.78 Å². The van der Waals surface area contributed by atoms with Gasteiger partial charge in [0.25, 0.3) is 5.91 Å². The summed E-state index contributed by atoms with van der Waals surface area (Å²) in [5, 5.41) is 4.80. The lowest BCUT2D eigenvalue weighted by Gasteiger charge is -2.02. The number of nitrogens with zero attached hydrogens (tertiary/aromatic N) is 1. The minimum Gasteiger partial charge on any atom is -0.347 e. The van der Waals surface area contributed by atoms with Crippen molar-refractivity contribution in [2.45, 2.75) is 6.54 Å². The molecule has 0 aromatic carbocycles. The third-order valence-corrected chi connectivity index (χ3v) is 3.27. The van der Waals surface area contributed by atoms with Crippen LogP contribution in [0.5, 0.6) is 0 Å². The highest BCUT2D eigenvalue weighted by molar-refractivity contribution is 7.10. The van der Waals surface area contributed by atoms with Gasteiger partial charge in [0, 0.05) is 28.2 Å². The number of hydrogen-bond acceptors (Lipinski definition) is 4. The van der Waals surface area contributed by atoms with Crippen LogP contribution in [0.1, 0.15) is 20.8 Å². The molecule has 0 fully saturated rings. The summed E-state index contributed by atoms with van der Waals surface area (Å²) in [5.74, 6) is 5.63. The topological polar surface area (TPSA) is 68.0 Å². The van der Waals surface area contributed by atoms with Gasteiger partial charge in [-0.25, -0.2) is 0 Å². The van der Waals surface area contributed by atoms with E-state index in [0.717, 1.165) is 10.4 Å². The first-order chi connectivity index (χ1) is 9.29. The molecule has 5 heteroatoms. The Labute approximate surface area is 115 Å². The molecular weight excluding hydrogens is 258 g/mol. The Balaban J connectivity index is 1.92. The van der Waals surface area contributed by atoms with Crippen LogP contribution in [0.15, 0.2) is 36.0 Å². The highest BCUT2D eigenvalue weighted by Crippen LogP contribution is 2.13. The molecule has 0 saturated heterocycles. The molecule has 96 valence electrons. The maximum absolute atomic E-state index is 11.8. The minimum absolute atomic E-state index is 0.129. The molecule has 0 unspecified atom stereocenters. The van der Waals surface area contributed by atoms with Gasteiger partial charge < -0.3 is 11.1 Å². The normalized spacial score (nSPS) is 9.53. The molecular formula is C14H13N3OS. The Morgan fingerprint density at radius 1 is 1.53 bits per heavy atom. The van der Waals surface area contributed by atoms with Gasteiger partial charge in [0.05, 0.1) is 18.7 Å². The van der Waals surface area contributed by atoms with Crippen LogP contribution in [0.3, 0.4) is 0 Å². The van der Waals surface area contributed by atoms with Crippen LogP contribution in [0, 0.1) is 11.8 Å². The number of nitrogens with two attached hydrogens (primary N) is 1. The average molecular weight is 271 g/mol. The standard InChI is InChI=1S/C14H13N3OS/c15-5-1-3-11-7-13(19-10-11)9-17-14(18)12-4-2-6-16-8-12/h2,4,6-8,10H,5,9,15H2,(H,17,18). The van der Waals surface area contributed by atoms with Crippen molar-refractivity contribution in [2.24, 2.45) is 5.73 Å². The van der Waals surface area contributed by atoms with E-state index in [4.69, 9.17) is 5.73 Å². The monoisotopic (exact) mass is 271 g/mol. The number of aromatic nitrogens is 1. The Morgan fingerprint density at radius 3 is 3.16 bits per heavy atom. The van der Waals surface area contributed by atoms with Crippen molar-refractivity contribution in [3.63, 3.8) is 0 Å². The van der Waals surface area contributed by atoms with Crippen LogP contribution in [-0.4, -0.2) is 17.4 Å². The number of carbonyl (C=O) groups is 1. The molecule has 0 aliphatic heterocycles. The van der Waals surface area contributed by atoms with E-state index >= 15 is 0 Å². The third-order valence-electron chi connectivity index (χ3n) is 2.34. The van der Waals surface area contributed by atoms with Crippen molar-refractivity contribution >= 4 is 17.2 Å². The third kappa shape index (κ3) is 3.91. The van der Waals surface area contributed by atoms with Gasteiger partial charge in [-0.1, -0.05) is 11.8 Å². The van der Waals surface area contributed by atoms with Crippen LogP contribution in [-0.2, 0) is 6.54 Å². The molecule has 2 aromatic rings. The van der Waals surface area contributed by atoms with Crippen molar-refractivity contribution in [3.8, 4) is 11.8 Å². The van der Waals surface area contributed by atoms with E-state index in [1.807, 2.05) is 11.4 Å². The fourth-order valence-electron chi connectivity index (χ4n) is 1.46. The van der Waals surface area contributed by atoms with Crippen molar-refractivity contribution in [1.82, 2.24) is 10.3 Å². The number of hydrogen-bond donors (Lipinski definition) is 2. The Morgan fingerprint density at radius 2 is 2.42 bits per heavy atom. The minimum atomic E-state index is -0.129. The van der Waals surface area contributed by atoms with Crippen LogP contribution in [0.25, 0.3) is 0 Å². The Bertz CT molecular complexity index is 610. The lowest BCUT2D eigenvalue weighted by Crippen LogP contribution is -2.22. The van der Waals surface area contributed by atoms with Crippen molar-refractivity contribution in [3.05, 3.63) is 52.0 Å². The summed E-state index contributed by atoms with van der Waals surface area (Å²) in [6.07, 6.45) is 3.18. The fraction of sp³-hybridized carbons (Fsp3) is 0.143. The van der Waals surface area contributed by atoms with E-state index in [1.54, 1.807) is 35.9 Å². The van der Waals surface area contributed by atoms with E-state index in [0.29, 0.717) is 18.7 Å². The van der Waals surface area contributed by atoms with Gasteiger partial charge in [-0.05, 0) is 18.2 Å². The molecule has 19 heavy (non-hydrogen) atoms. The predicted molar refractivity (Wildman–Crippen MR) is 75.7 cm³/mol. The van der Waals surface area contributed by atoms with E-state index in [1.165, 1.54) is 0 Å². The zero-order valence-electron chi connectivity index (χ0n) is 10.2. The molecule has 0 atom stereocenters. The number of carbonyl (C=O) groups excluding carboxylic acids is 1. The largest absolute Gasteiger partial charge is 0.347 e. The Hall–Kier alpha value is -2.16. The number of pyridine rings is 1. The molecule has 0 bridgehead atoms. The molecule has 2 heterocycles. The first-order valence-corrected chi connectivity index (χ1v) is 6.62. The highest BCUT2D eigenvalue weighted by atomic mass is 32.1. The zero-order valence-corrected chi connectivity index (χ0v) is 11.0. The van der Waals surface area contributed by atoms with Crippen molar-refractivity contribution in [1.29, 1.82) is 0 Å². The summed E-state index contributed by atoms with van der Waals surface area (Å²) in [4.78, 5) is 16.8. The van der Waals surface area contributed by atoms with Crippen LogP contribution >= 0.6 is 11.3 Å². The summed E-state index contributed by atoms with van der Waals surface area (Å²) >= 11 is 1.56. The maximum Gasteiger partial charge on any atom is 0.253 e. The van der Waals surface area contributed by atoms with E-state index < -0.39 is 0 Å².